The predicted octanol–water partition coefficient (Wildman–Crippen LogP) is 2.46. The Kier molecular flexibility index (Phi) is 10.2. The Hall–Kier alpha value is -1.89. The summed E-state index contributed by atoms with van der Waals surface area (Å²) in [4.78, 5) is 6.88. The molecule has 0 radical (unpaired) electrons. The molecule has 2 aromatic rings. The molecule has 0 aliphatic carbocycles. The molecule has 0 bridgehead atoms. The molecular weight excluding hydrogens is 541 g/mol. The minimum atomic E-state index is -3.73. The molecule has 1 aliphatic heterocycles. The fourth-order valence-corrected chi connectivity index (χ4v) is 4.38. The quantitative estimate of drug-likeness (QED) is 0.255. The molecule has 1 aliphatic rings. The van der Waals surface area contributed by atoms with Crippen molar-refractivity contribution in [1.82, 2.24) is 15.5 Å². The summed E-state index contributed by atoms with van der Waals surface area (Å²) in [6.07, 6.45) is 2.40. The van der Waals surface area contributed by atoms with Crippen LogP contribution in [-0.4, -0.2) is 53.1 Å². The number of benzene rings is 2. The average Bonchev–Trinajstić information content (AvgIpc) is 3.30. The number of ether oxygens (including phenoxy) is 1. The Bertz CT molecular complexity index is 1010. The number of hydrogen-bond donors (Lipinski definition) is 3. The van der Waals surface area contributed by atoms with Crippen molar-refractivity contribution >= 4 is 40.0 Å². The van der Waals surface area contributed by atoms with Crippen molar-refractivity contribution in [3.63, 3.8) is 0 Å². The summed E-state index contributed by atoms with van der Waals surface area (Å²) in [5.41, 5.74) is 2.00. The van der Waals surface area contributed by atoms with Gasteiger partial charge in [0, 0.05) is 20.1 Å². The lowest BCUT2D eigenvalue weighted by atomic mass is 10.1. The van der Waals surface area contributed by atoms with E-state index >= 15 is 0 Å². The van der Waals surface area contributed by atoms with E-state index in [1.807, 2.05) is 18.2 Å². The Balaban J connectivity index is 0.00000363. The number of halogens is 1. The second-order valence-corrected chi connectivity index (χ2v) is 9.10. The number of sulfonamides is 1. The van der Waals surface area contributed by atoms with Gasteiger partial charge in [-0.1, -0.05) is 24.3 Å². The largest absolute Gasteiger partial charge is 0.497 e. The molecule has 1 fully saturated rings. The summed E-state index contributed by atoms with van der Waals surface area (Å²) in [5.74, 6) is 1.49. The third kappa shape index (κ3) is 7.32. The van der Waals surface area contributed by atoms with Gasteiger partial charge in [-0.3, -0.25) is 9.89 Å². The molecule has 3 rings (SSSR count). The van der Waals surface area contributed by atoms with Gasteiger partial charge in [-0.25, -0.2) is 13.6 Å². The fourth-order valence-electron chi connectivity index (χ4n) is 3.79. The number of aliphatic imine (C=N–C) groups is 1. The molecule has 1 saturated heterocycles. The van der Waals surface area contributed by atoms with E-state index in [1.165, 1.54) is 24.5 Å². The van der Waals surface area contributed by atoms with Gasteiger partial charge in [-0.15, -0.1) is 24.0 Å². The van der Waals surface area contributed by atoms with Gasteiger partial charge in [0.25, 0.3) is 0 Å². The van der Waals surface area contributed by atoms with Crippen LogP contribution in [0.1, 0.15) is 30.0 Å². The number of primary sulfonamides is 1. The lowest BCUT2D eigenvalue weighted by Crippen LogP contribution is -2.42. The second kappa shape index (κ2) is 12.4. The van der Waals surface area contributed by atoms with E-state index in [1.54, 1.807) is 26.3 Å². The van der Waals surface area contributed by atoms with Crippen LogP contribution in [0.15, 0.2) is 58.4 Å². The van der Waals surface area contributed by atoms with Crippen molar-refractivity contribution in [3.8, 4) is 5.75 Å². The van der Waals surface area contributed by atoms with Crippen LogP contribution in [0.4, 0.5) is 0 Å². The zero-order valence-electron chi connectivity index (χ0n) is 18.5. The van der Waals surface area contributed by atoms with Crippen molar-refractivity contribution < 1.29 is 13.2 Å². The number of nitrogens with one attached hydrogen (secondary N) is 2. The number of nitrogens with two attached hydrogens (primary N) is 1. The van der Waals surface area contributed by atoms with Crippen LogP contribution in [-0.2, 0) is 16.6 Å². The summed E-state index contributed by atoms with van der Waals surface area (Å²) >= 11 is 0. The SMILES string of the molecule is CN=C(NCc1cccc(S(N)(=O)=O)c1)NCC(c1cccc(OC)c1)N1CCCC1.I. The number of nitrogens with zero attached hydrogens (tertiary/aromatic N) is 2. The summed E-state index contributed by atoms with van der Waals surface area (Å²) in [5, 5.41) is 11.9. The molecule has 2 aromatic carbocycles. The van der Waals surface area contributed by atoms with Gasteiger partial charge < -0.3 is 15.4 Å². The van der Waals surface area contributed by atoms with Crippen LogP contribution in [0, 0.1) is 0 Å². The number of guanidine groups is 1. The van der Waals surface area contributed by atoms with E-state index in [9.17, 15) is 8.42 Å². The summed E-state index contributed by atoms with van der Waals surface area (Å²) in [6.45, 7) is 3.24. The Labute approximate surface area is 207 Å². The van der Waals surface area contributed by atoms with Gasteiger partial charge in [0.1, 0.15) is 5.75 Å². The molecule has 32 heavy (non-hydrogen) atoms. The van der Waals surface area contributed by atoms with E-state index in [0.717, 1.165) is 24.4 Å². The number of methoxy groups -OCH3 is 1. The standard InChI is InChI=1S/C22H31N5O3S.HI/c1-24-22(25-15-17-7-5-10-20(13-17)31(23,28)29)26-16-21(27-11-3-4-12-27)18-8-6-9-19(14-18)30-2;/h5-10,13-14,21H,3-4,11-12,15-16H2,1-2H3,(H2,23,28,29)(H2,24,25,26);1H. The third-order valence-electron chi connectivity index (χ3n) is 5.43. The van der Waals surface area contributed by atoms with Gasteiger partial charge in [-0.05, 0) is 61.3 Å². The van der Waals surface area contributed by atoms with E-state index in [-0.39, 0.29) is 34.9 Å². The van der Waals surface area contributed by atoms with Crippen molar-refractivity contribution in [2.24, 2.45) is 10.1 Å². The molecule has 0 saturated carbocycles. The van der Waals surface area contributed by atoms with Crippen LogP contribution in [0.2, 0.25) is 0 Å². The zero-order valence-corrected chi connectivity index (χ0v) is 21.6. The lowest BCUT2D eigenvalue weighted by Gasteiger charge is -2.29. The van der Waals surface area contributed by atoms with Crippen LogP contribution in [0.5, 0.6) is 5.75 Å². The second-order valence-electron chi connectivity index (χ2n) is 7.53. The van der Waals surface area contributed by atoms with Crippen molar-refractivity contribution in [1.29, 1.82) is 0 Å². The van der Waals surface area contributed by atoms with Gasteiger partial charge >= 0.3 is 0 Å². The molecule has 10 heteroatoms. The Morgan fingerprint density at radius 3 is 2.53 bits per heavy atom. The van der Waals surface area contributed by atoms with Crippen LogP contribution in [0.3, 0.4) is 0 Å². The molecular formula is C22H32IN5O3S. The van der Waals surface area contributed by atoms with Crippen molar-refractivity contribution in [2.75, 3.05) is 33.8 Å². The Morgan fingerprint density at radius 2 is 1.88 bits per heavy atom. The van der Waals surface area contributed by atoms with Crippen molar-refractivity contribution in [2.45, 2.75) is 30.3 Å². The van der Waals surface area contributed by atoms with Gasteiger partial charge in [0.15, 0.2) is 5.96 Å². The Morgan fingerprint density at radius 1 is 1.16 bits per heavy atom. The maximum absolute atomic E-state index is 11.6. The minimum absolute atomic E-state index is 0. The number of likely N-dealkylation sites (tertiary alicyclic amines) is 1. The van der Waals surface area contributed by atoms with Gasteiger partial charge in [0.05, 0.1) is 18.0 Å². The molecule has 0 spiro atoms. The highest BCUT2D eigenvalue weighted by atomic mass is 127. The third-order valence-corrected chi connectivity index (χ3v) is 6.34. The smallest absolute Gasteiger partial charge is 0.238 e. The monoisotopic (exact) mass is 573 g/mol. The first kappa shape index (κ1) is 26.4. The topological polar surface area (TPSA) is 109 Å². The number of hydrogen-bond acceptors (Lipinski definition) is 5. The minimum Gasteiger partial charge on any atom is -0.497 e. The lowest BCUT2D eigenvalue weighted by molar-refractivity contribution is 0.245. The van der Waals surface area contributed by atoms with E-state index in [4.69, 9.17) is 9.88 Å². The molecule has 8 nitrogen and oxygen atoms in total. The molecule has 1 heterocycles. The first-order valence-electron chi connectivity index (χ1n) is 10.3. The van der Waals surface area contributed by atoms with E-state index in [2.05, 4.69) is 32.7 Å². The van der Waals surface area contributed by atoms with Crippen LogP contribution < -0.4 is 20.5 Å². The van der Waals surface area contributed by atoms with Crippen molar-refractivity contribution in [3.05, 3.63) is 59.7 Å². The maximum Gasteiger partial charge on any atom is 0.238 e. The molecule has 0 aromatic heterocycles. The molecule has 4 N–H and O–H groups in total. The highest BCUT2D eigenvalue weighted by molar-refractivity contribution is 14.0. The summed E-state index contributed by atoms with van der Waals surface area (Å²) in [6, 6.07) is 15.0. The van der Waals surface area contributed by atoms with E-state index in [0.29, 0.717) is 19.0 Å². The normalized spacial score (nSPS) is 15.7. The van der Waals surface area contributed by atoms with Gasteiger partial charge in [-0.2, -0.15) is 0 Å². The highest BCUT2D eigenvalue weighted by Gasteiger charge is 2.24. The van der Waals surface area contributed by atoms with Crippen LogP contribution >= 0.6 is 24.0 Å². The molecule has 1 atom stereocenters. The summed E-state index contributed by atoms with van der Waals surface area (Å²) in [7, 11) is -0.332. The summed E-state index contributed by atoms with van der Waals surface area (Å²) < 4.78 is 28.6. The molecule has 1 unspecified atom stereocenters. The first-order chi connectivity index (χ1) is 14.9. The average molecular weight is 574 g/mol. The molecule has 176 valence electrons. The zero-order chi connectivity index (χ0) is 22.3. The van der Waals surface area contributed by atoms with Crippen LogP contribution in [0.25, 0.3) is 0 Å². The predicted molar refractivity (Wildman–Crippen MR) is 138 cm³/mol. The molecule has 0 amide bonds. The maximum atomic E-state index is 11.6. The van der Waals surface area contributed by atoms with Gasteiger partial charge in [0.2, 0.25) is 10.0 Å². The highest BCUT2D eigenvalue weighted by Crippen LogP contribution is 2.27. The fraction of sp³-hybridized carbons (Fsp3) is 0.409. The van der Waals surface area contributed by atoms with E-state index < -0.39 is 10.0 Å². The number of rotatable bonds is 8. The first-order valence-corrected chi connectivity index (χ1v) is 11.9.